The van der Waals surface area contributed by atoms with E-state index >= 15 is 0 Å². The third-order valence-corrected chi connectivity index (χ3v) is 3.63. The normalized spacial score (nSPS) is 10.7. The number of amides is 1. The maximum absolute atomic E-state index is 12.8. The minimum atomic E-state index is -0.197. The van der Waals surface area contributed by atoms with Crippen LogP contribution >= 0.6 is 0 Å². The lowest BCUT2D eigenvalue weighted by Crippen LogP contribution is -2.41. The lowest BCUT2D eigenvalue weighted by atomic mass is 10.1. The predicted molar refractivity (Wildman–Crippen MR) is 81.9 cm³/mol. The number of carbonyl (C=O) groups is 1. The smallest absolute Gasteiger partial charge is 0.258 e. The van der Waals surface area contributed by atoms with E-state index in [0.29, 0.717) is 18.9 Å². The molecule has 1 aromatic carbocycles. The Labute approximate surface area is 126 Å². The number of methoxy groups -OCH3 is 2. The van der Waals surface area contributed by atoms with Crippen molar-refractivity contribution in [3.05, 3.63) is 23.8 Å². The molecule has 0 unspecified atom stereocenters. The number of carbonyl (C=O) groups excluding carboxylic acids is 1. The first-order valence-corrected chi connectivity index (χ1v) is 7.26. The minimum absolute atomic E-state index is 0.113. The molecular formula is C16H25NO4. The van der Waals surface area contributed by atoms with Gasteiger partial charge in [0.15, 0.2) is 11.5 Å². The van der Waals surface area contributed by atoms with Crippen LogP contribution < -0.4 is 4.74 Å². The number of para-hydroxylation sites is 1. The molecule has 1 N–H and O–H groups in total. The fourth-order valence-corrected chi connectivity index (χ4v) is 2.38. The first-order valence-electron chi connectivity index (χ1n) is 7.26. The van der Waals surface area contributed by atoms with Gasteiger partial charge in [-0.2, -0.15) is 0 Å². The van der Waals surface area contributed by atoms with Crippen molar-refractivity contribution in [1.29, 1.82) is 0 Å². The Hall–Kier alpha value is -1.75. The Balaban J connectivity index is 3.09. The summed E-state index contributed by atoms with van der Waals surface area (Å²) in [6.07, 6.45) is 1.72. The number of hydrogen-bond donors (Lipinski definition) is 1. The molecule has 0 radical (unpaired) electrons. The van der Waals surface area contributed by atoms with Crippen molar-refractivity contribution >= 4 is 5.91 Å². The summed E-state index contributed by atoms with van der Waals surface area (Å²) in [7, 11) is 3.07. The maximum atomic E-state index is 12.8. The molecule has 0 heterocycles. The second-order valence-electron chi connectivity index (χ2n) is 4.82. The van der Waals surface area contributed by atoms with Crippen molar-refractivity contribution in [2.75, 3.05) is 27.4 Å². The number of rotatable bonds is 8. The van der Waals surface area contributed by atoms with E-state index in [0.717, 1.165) is 12.8 Å². The van der Waals surface area contributed by atoms with Crippen LogP contribution in [0.4, 0.5) is 0 Å². The van der Waals surface area contributed by atoms with E-state index in [4.69, 9.17) is 9.47 Å². The quantitative estimate of drug-likeness (QED) is 0.801. The number of aromatic hydroxyl groups is 1. The summed E-state index contributed by atoms with van der Waals surface area (Å²) in [6, 6.07) is 5.07. The van der Waals surface area contributed by atoms with Gasteiger partial charge < -0.3 is 19.5 Å². The van der Waals surface area contributed by atoms with E-state index in [9.17, 15) is 9.90 Å². The van der Waals surface area contributed by atoms with Crippen LogP contribution in [0, 0.1) is 0 Å². The molecule has 0 saturated heterocycles. The Morgan fingerprint density at radius 3 is 2.48 bits per heavy atom. The van der Waals surface area contributed by atoms with Gasteiger partial charge in [0.1, 0.15) is 0 Å². The van der Waals surface area contributed by atoms with Crippen molar-refractivity contribution < 1.29 is 19.4 Å². The van der Waals surface area contributed by atoms with Gasteiger partial charge >= 0.3 is 0 Å². The zero-order valence-electron chi connectivity index (χ0n) is 13.3. The van der Waals surface area contributed by atoms with Gasteiger partial charge in [-0.15, -0.1) is 0 Å². The number of phenolic OH excluding ortho intramolecular Hbond substituents is 1. The molecular weight excluding hydrogens is 270 g/mol. The summed E-state index contributed by atoms with van der Waals surface area (Å²) in [5.41, 5.74) is 0.261. The first kappa shape index (κ1) is 17.3. The molecule has 1 amide bonds. The molecule has 5 nitrogen and oxygen atoms in total. The Bertz CT molecular complexity index is 458. The second-order valence-corrected chi connectivity index (χ2v) is 4.82. The van der Waals surface area contributed by atoms with Gasteiger partial charge in [-0.25, -0.2) is 0 Å². The van der Waals surface area contributed by atoms with Gasteiger partial charge in [-0.1, -0.05) is 19.9 Å². The number of hydrogen-bond acceptors (Lipinski definition) is 4. The van der Waals surface area contributed by atoms with Gasteiger partial charge in [0.2, 0.25) is 0 Å². The fourth-order valence-electron chi connectivity index (χ4n) is 2.38. The Kier molecular flexibility index (Phi) is 7.02. The SMILES string of the molecule is CCC(CC)N(CCOC)C(=O)c1cccc(OC)c1O. The van der Waals surface area contributed by atoms with Crippen LogP contribution in [-0.2, 0) is 4.74 Å². The molecule has 1 rings (SSSR count). The molecule has 21 heavy (non-hydrogen) atoms. The average molecular weight is 295 g/mol. The van der Waals surface area contributed by atoms with E-state index in [1.165, 1.54) is 7.11 Å². The van der Waals surface area contributed by atoms with Crippen LogP contribution in [0.15, 0.2) is 18.2 Å². The second kappa shape index (κ2) is 8.52. The monoisotopic (exact) mass is 295 g/mol. The van der Waals surface area contributed by atoms with E-state index in [1.54, 1.807) is 30.2 Å². The molecule has 0 aliphatic heterocycles. The summed E-state index contributed by atoms with van der Waals surface area (Å²) in [4.78, 5) is 14.5. The number of benzene rings is 1. The number of ether oxygens (including phenoxy) is 2. The Morgan fingerprint density at radius 1 is 1.29 bits per heavy atom. The highest BCUT2D eigenvalue weighted by molar-refractivity contribution is 5.97. The molecule has 1 aromatic rings. The molecule has 5 heteroatoms. The van der Waals surface area contributed by atoms with Crippen LogP contribution in [0.3, 0.4) is 0 Å². The van der Waals surface area contributed by atoms with Crippen LogP contribution in [0.1, 0.15) is 37.0 Å². The summed E-state index contributed by atoms with van der Waals surface area (Å²) >= 11 is 0. The standard InChI is InChI=1S/C16H25NO4/c1-5-12(6-2)17(10-11-20-3)16(19)13-8-7-9-14(21-4)15(13)18/h7-9,12,18H,5-6,10-11H2,1-4H3. The lowest BCUT2D eigenvalue weighted by Gasteiger charge is -2.30. The molecule has 0 spiro atoms. The van der Waals surface area contributed by atoms with Crippen LogP contribution in [0.5, 0.6) is 11.5 Å². The molecule has 0 bridgehead atoms. The van der Waals surface area contributed by atoms with E-state index < -0.39 is 0 Å². The van der Waals surface area contributed by atoms with Crippen LogP contribution in [-0.4, -0.2) is 49.3 Å². The van der Waals surface area contributed by atoms with Crippen molar-refractivity contribution in [2.45, 2.75) is 32.7 Å². The largest absolute Gasteiger partial charge is 0.504 e. The zero-order valence-corrected chi connectivity index (χ0v) is 13.3. The highest BCUT2D eigenvalue weighted by Crippen LogP contribution is 2.30. The van der Waals surface area contributed by atoms with E-state index in [1.807, 2.05) is 13.8 Å². The third-order valence-electron chi connectivity index (χ3n) is 3.63. The van der Waals surface area contributed by atoms with Crippen molar-refractivity contribution in [3.63, 3.8) is 0 Å². The topological polar surface area (TPSA) is 59.0 Å². The zero-order chi connectivity index (χ0) is 15.8. The molecule has 118 valence electrons. The highest BCUT2D eigenvalue weighted by Gasteiger charge is 2.25. The minimum Gasteiger partial charge on any atom is -0.504 e. The lowest BCUT2D eigenvalue weighted by molar-refractivity contribution is 0.0586. The van der Waals surface area contributed by atoms with Gasteiger partial charge in [0.25, 0.3) is 5.91 Å². The summed E-state index contributed by atoms with van der Waals surface area (Å²) in [6.45, 7) is 5.06. The first-order chi connectivity index (χ1) is 10.1. The summed E-state index contributed by atoms with van der Waals surface area (Å²) in [5.74, 6) is -0.00684. The summed E-state index contributed by atoms with van der Waals surface area (Å²) < 4.78 is 10.2. The predicted octanol–water partition coefficient (Wildman–Crippen LogP) is 2.68. The van der Waals surface area contributed by atoms with E-state index in [-0.39, 0.29) is 23.3 Å². The van der Waals surface area contributed by atoms with Crippen LogP contribution in [0.2, 0.25) is 0 Å². The van der Waals surface area contributed by atoms with Gasteiger partial charge in [-0.05, 0) is 25.0 Å². The highest BCUT2D eigenvalue weighted by atomic mass is 16.5. The molecule has 0 fully saturated rings. The number of phenols is 1. The van der Waals surface area contributed by atoms with E-state index in [2.05, 4.69) is 0 Å². The van der Waals surface area contributed by atoms with Crippen molar-refractivity contribution in [1.82, 2.24) is 4.90 Å². The molecule has 0 aromatic heterocycles. The fraction of sp³-hybridized carbons (Fsp3) is 0.562. The third kappa shape index (κ3) is 4.11. The maximum Gasteiger partial charge on any atom is 0.258 e. The van der Waals surface area contributed by atoms with Crippen molar-refractivity contribution in [3.8, 4) is 11.5 Å². The van der Waals surface area contributed by atoms with Crippen LogP contribution in [0.25, 0.3) is 0 Å². The number of nitrogens with zero attached hydrogens (tertiary/aromatic N) is 1. The average Bonchev–Trinajstić information content (AvgIpc) is 2.51. The Morgan fingerprint density at radius 2 is 1.95 bits per heavy atom. The molecule has 0 atom stereocenters. The van der Waals surface area contributed by atoms with Crippen molar-refractivity contribution in [2.24, 2.45) is 0 Å². The van der Waals surface area contributed by atoms with Gasteiger partial charge in [-0.3, -0.25) is 4.79 Å². The van der Waals surface area contributed by atoms with Gasteiger partial charge in [0.05, 0.1) is 19.3 Å². The molecule has 0 aliphatic carbocycles. The summed E-state index contributed by atoms with van der Waals surface area (Å²) in [5, 5.41) is 10.2. The molecule has 0 saturated carbocycles. The molecule has 0 aliphatic rings. The van der Waals surface area contributed by atoms with Gasteiger partial charge in [0, 0.05) is 19.7 Å².